The Bertz CT molecular complexity index is 4430. The molecule has 6 aromatic rings. The van der Waals surface area contributed by atoms with Gasteiger partial charge < -0.3 is 24.4 Å². The number of rotatable bonds is 14. The third-order valence-corrected chi connectivity index (χ3v) is 33.9. The number of ether oxygens (including phenoxy) is 3. The minimum atomic E-state index is -0.255. The summed E-state index contributed by atoms with van der Waals surface area (Å²) < 4.78 is 17.1. The molecule has 6 aromatic carbocycles. The lowest BCUT2D eigenvalue weighted by molar-refractivity contribution is -0.131. The van der Waals surface area contributed by atoms with E-state index < -0.39 is 0 Å². The Morgan fingerprint density at radius 1 is 0.345 bits per heavy atom. The van der Waals surface area contributed by atoms with Crippen LogP contribution in [-0.2, 0) is 11.2 Å². The average molecular weight is 1550 g/mol. The molecule has 0 radical (unpaired) electrons. The third-order valence-electron chi connectivity index (χ3n) is 33.9. The second kappa shape index (κ2) is 35.4. The first kappa shape index (κ1) is 80.9. The first-order valence-electron chi connectivity index (χ1n) is 45.5. The van der Waals surface area contributed by atoms with Crippen LogP contribution >= 0.6 is 0 Å². The normalized spacial score (nSPS) is 40.3. The number of esters is 1. The fourth-order valence-electron chi connectivity index (χ4n) is 29.6. The van der Waals surface area contributed by atoms with Gasteiger partial charge >= 0.3 is 5.97 Å². The van der Waals surface area contributed by atoms with Gasteiger partial charge in [-0.05, 0) is 363 Å². The number of carbonyl (C=O) groups is 1. The quantitative estimate of drug-likeness (QED) is 0.0489. The van der Waals surface area contributed by atoms with Gasteiger partial charge in [0.2, 0.25) is 0 Å². The van der Waals surface area contributed by atoms with Crippen molar-refractivity contribution in [1.82, 2.24) is 0 Å². The molecule has 612 valence electrons. The van der Waals surface area contributed by atoms with Crippen LogP contribution in [0.4, 0.5) is 0 Å². The van der Waals surface area contributed by atoms with Gasteiger partial charge in [-0.15, -0.1) is 0 Å². The number of carbonyl (C=O) groups excluding carboxylic acids is 1. The minimum absolute atomic E-state index is 0. The molecule has 20 aliphatic rings. The first-order chi connectivity index (χ1) is 55.6. The van der Waals surface area contributed by atoms with Gasteiger partial charge in [-0.25, -0.2) is 0 Å². The summed E-state index contributed by atoms with van der Waals surface area (Å²) >= 11 is 0. The highest BCUT2D eigenvalue weighted by Gasteiger charge is 2.63. The maximum absolute atomic E-state index is 10.9. The van der Waals surface area contributed by atoms with Crippen molar-refractivity contribution in [3.8, 4) is 28.4 Å². The van der Waals surface area contributed by atoms with Crippen LogP contribution in [0.25, 0.3) is 11.1 Å². The van der Waals surface area contributed by atoms with E-state index in [4.69, 9.17) is 24.4 Å². The molecule has 6 nitrogen and oxygen atoms in total. The molecule has 0 spiro atoms. The molecule has 0 aliphatic heterocycles. The summed E-state index contributed by atoms with van der Waals surface area (Å²) in [5, 5.41) is 18.1. The van der Waals surface area contributed by atoms with Crippen molar-refractivity contribution in [2.45, 2.75) is 157 Å². The molecule has 6 heteroatoms. The van der Waals surface area contributed by atoms with Crippen LogP contribution in [0.1, 0.15) is 167 Å². The molecular weight excluding hydrogens is 1420 g/mol. The molecule has 20 aliphatic carbocycles. The molecule has 13 saturated carbocycles. The van der Waals surface area contributed by atoms with Gasteiger partial charge in [0.1, 0.15) is 17.2 Å². The maximum atomic E-state index is 10.9. The number of aliphatic hydroxyl groups is 2. The van der Waals surface area contributed by atoms with Crippen molar-refractivity contribution < 1.29 is 29.2 Å². The Morgan fingerprint density at radius 2 is 0.793 bits per heavy atom. The lowest BCUT2D eigenvalue weighted by Crippen LogP contribution is -2.31. The van der Waals surface area contributed by atoms with Gasteiger partial charge in [0.25, 0.3) is 0 Å². The van der Waals surface area contributed by atoms with Crippen LogP contribution in [0.2, 0.25) is 0 Å². The third kappa shape index (κ3) is 16.1. The zero-order valence-electron chi connectivity index (χ0n) is 66.9. The van der Waals surface area contributed by atoms with E-state index in [9.17, 15) is 4.79 Å². The van der Waals surface area contributed by atoms with Crippen molar-refractivity contribution in [3.63, 3.8) is 0 Å². The van der Waals surface area contributed by atoms with E-state index in [1.54, 1.807) is 36.8 Å². The Hall–Kier alpha value is -7.51. The molecule has 20 bridgehead atoms. The largest absolute Gasteiger partial charge is 0.493 e. The first-order valence-corrected chi connectivity index (χ1v) is 45.5. The molecule has 0 saturated heterocycles. The molecule has 31 unspecified atom stereocenters. The summed E-state index contributed by atoms with van der Waals surface area (Å²) in [5.74, 6) is 31.7. The zero-order valence-corrected chi connectivity index (χ0v) is 66.9. The predicted molar refractivity (Wildman–Crippen MR) is 474 cm³/mol. The van der Waals surface area contributed by atoms with E-state index in [0.29, 0.717) is 47.2 Å². The second-order valence-corrected chi connectivity index (χ2v) is 39.5. The number of hydrogen-bond donors (Lipinski definition) is 2. The molecule has 26 rings (SSSR count). The van der Waals surface area contributed by atoms with E-state index in [1.165, 1.54) is 107 Å². The van der Waals surface area contributed by atoms with Crippen LogP contribution in [-0.4, -0.2) is 42.6 Å². The molecule has 0 heterocycles. The van der Waals surface area contributed by atoms with Gasteiger partial charge in [0.15, 0.2) is 0 Å². The lowest BCUT2D eigenvalue weighted by atomic mass is 9.68. The van der Waals surface area contributed by atoms with E-state index in [2.05, 4.69) is 206 Å². The Labute approximate surface area is 697 Å². The Kier molecular flexibility index (Phi) is 24.7. The summed E-state index contributed by atoms with van der Waals surface area (Å²) in [5.41, 5.74) is 6.91. The fourth-order valence-corrected chi connectivity index (χ4v) is 29.6. The van der Waals surface area contributed by atoms with Crippen molar-refractivity contribution >= 4 is 5.97 Å². The van der Waals surface area contributed by atoms with Crippen LogP contribution < -0.4 is 14.2 Å². The monoisotopic (exact) mass is 1550 g/mol. The van der Waals surface area contributed by atoms with Gasteiger partial charge in [-0.2, -0.15) is 0 Å². The SMILES string of the molecule is C.C.C.C1=CC2CC1C1C3CC(Cc4ccccc4)C(C3)C21.C1=CC2CC1C1C3CC(c4ccccc4)C(C3)C21.C1=CC2CC1C1C3CCC(C3)C21.C1=CC2CC1CC2COc1ccccc1.C1=CC2CC1CC2COc1ccccc1-c1ccccc1.CC(=O)Oc1cccc(C2CC3C=CC2C3)c1.OC[C@@H]1C2C=CC(C2)[C@@H]1CO. The molecule has 0 amide bonds. The summed E-state index contributed by atoms with van der Waals surface area (Å²) in [6.45, 7) is 3.63. The average Bonchev–Trinajstić information content (AvgIpc) is 1.59. The number of allylic oxidation sites excluding steroid dienone is 14. The van der Waals surface area contributed by atoms with E-state index in [1.807, 2.05) is 48.5 Å². The topological polar surface area (TPSA) is 85.2 Å². The van der Waals surface area contributed by atoms with E-state index in [0.717, 1.165) is 185 Å². The molecule has 13 fully saturated rings. The van der Waals surface area contributed by atoms with Crippen molar-refractivity contribution in [2.24, 2.45) is 183 Å². The lowest BCUT2D eigenvalue weighted by Gasteiger charge is -2.37. The standard InChI is InChI=1S/C20H20O.C19H22.C18H20.C15H16O2.C14H16O.C12H16.C9H14O2.3CH4/c1-2-6-16(7-3-1)19-8-4-5-9-20(19)21-14-18-13-15-10-11-17(18)12-15;1-2-4-12(5-3-1)8-15-10-16-11-17(15)19-14-7-6-13(9-14)18(16)19;1-2-4-11(5-3-1)15-9-14-10-16(15)18-13-7-6-12(8-13)17(14)18;1-10(16)17-14-4-2-3-12(9-14)15-8-11-5-6-13(15)7-11;1-2-4-14(5-3-1)15-10-13-9-11-6-7-12(13)8-11;1-2-8-5-7(1)11-9-3-4-10(6-9)12(8)11;10-4-8-6-1-2-7(3-6)9(8)5-11;;;/h1-11,15,17-18H,12-14H2;1-7,13-19H,8-11H2;1-7,12-18H,8-10H2;2-6,9,11,13,15H,7-8H2,1H3;1-7,11-13H,8-10H2;1-2,7-12H,3-6H2;1-2,6-11H,3-5H2;3*1H4/t;;;;;;6?,7?,8-,9+;;;. The fraction of sp³-hybridized carbons (Fsp3) is 0.536. The van der Waals surface area contributed by atoms with Crippen LogP contribution in [0.5, 0.6) is 17.2 Å². The molecular formula is C110H136O6. The summed E-state index contributed by atoms with van der Waals surface area (Å²) in [6, 6.07) is 59.5. The Balaban J connectivity index is 0.0000000978. The number of hydrogen-bond acceptors (Lipinski definition) is 6. The van der Waals surface area contributed by atoms with Gasteiger partial charge in [-0.3, -0.25) is 4.79 Å². The smallest absolute Gasteiger partial charge is 0.308 e. The van der Waals surface area contributed by atoms with Crippen LogP contribution in [0.15, 0.2) is 255 Å². The number of aliphatic hydroxyl groups excluding tert-OH is 2. The minimum Gasteiger partial charge on any atom is -0.493 e. The van der Waals surface area contributed by atoms with Crippen molar-refractivity contribution in [2.75, 3.05) is 26.4 Å². The van der Waals surface area contributed by atoms with Gasteiger partial charge in [0.05, 0.1) is 13.2 Å². The van der Waals surface area contributed by atoms with Crippen LogP contribution in [0.3, 0.4) is 0 Å². The summed E-state index contributed by atoms with van der Waals surface area (Å²) in [6.07, 6.45) is 59.6. The second-order valence-electron chi connectivity index (χ2n) is 39.5. The van der Waals surface area contributed by atoms with Gasteiger partial charge in [0, 0.05) is 25.7 Å². The molecule has 116 heavy (non-hydrogen) atoms. The highest BCUT2D eigenvalue weighted by Crippen LogP contribution is 2.70. The zero-order chi connectivity index (χ0) is 75.6. The predicted octanol–water partition coefficient (Wildman–Crippen LogP) is 25.3. The van der Waals surface area contributed by atoms with E-state index >= 15 is 0 Å². The number of benzene rings is 6. The highest BCUT2D eigenvalue weighted by molar-refractivity contribution is 5.70. The summed E-state index contributed by atoms with van der Waals surface area (Å²) in [7, 11) is 0. The van der Waals surface area contributed by atoms with Crippen molar-refractivity contribution in [1.29, 1.82) is 0 Å². The molecule has 0 aromatic heterocycles. The molecule has 33 atom stereocenters. The van der Waals surface area contributed by atoms with Crippen LogP contribution in [0, 0.1) is 183 Å². The van der Waals surface area contributed by atoms with Crippen molar-refractivity contribution in [3.05, 3.63) is 272 Å². The maximum Gasteiger partial charge on any atom is 0.308 e. The number of para-hydroxylation sites is 2. The highest BCUT2D eigenvalue weighted by atomic mass is 16.5. The number of fused-ring (bicyclic) bond motifs is 35. The van der Waals surface area contributed by atoms with Gasteiger partial charge in [-0.1, -0.05) is 247 Å². The Morgan fingerprint density at radius 3 is 1.34 bits per heavy atom. The van der Waals surface area contributed by atoms with E-state index in [-0.39, 0.29) is 41.5 Å². The molecule has 2 N–H and O–H groups in total. The summed E-state index contributed by atoms with van der Waals surface area (Å²) in [4.78, 5) is 10.9.